The fourth-order valence-corrected chi connectivity index (χ4v) is 4.25. The summed E-state index contributed by atoms with van der Waals surface area (Å²) in [7, 11) is -3.66. The van der Waals surface area contributed by atoms with Crippen LogP contribution in [0.4, 0.5) is 0 Å². The maximum atomic E-state index is 12.8. The largest absolute Gasteiger partial charge is 0.377 e. The van der Waals surface area contributed by atoms with E-state index >= 15 is 0 Å². The molecule has 0 spiro atoms. The van der Waals surface area contributed by atoms with Gasteiger partial charge in [0.05, 0.1) is 16.7 Å². The first kappa shape index (κ1) is 17.8. The highest BCUT2D eigenvalue weighted by molar-refractivity contribution is 7.89. The van der Waals surface area contributed by atoms with Crippen molar-refractivity contribution in [3.8, 4) is 11.3 Å². The van der Waals surface area contributed by atoms with E-state index in [1.54, 1.807) is 24.3 Å². The van der Waals surface area contributed by atoms with Gasteiger partial charge in [-0.2, -0.15) is 5.10 Å². The number of benzene rings is 1. The molecule has 2 N–H and O–H groups in total. The minimum Gasteiger partial charge on any atom is -0.377 e. The smallest absolute Gasteiger partial charge is 0.264 e. The molecule has 1 aliphatic heterocycles. The van der Waals surface area contributed by atoms with E-state index in [0.29, 0.717) is 24.3 Å². The van der Waals surface area contributed by atoms with Crippen LogP contribution in [0.2, 0.25) is 0 Å². The van der Waals surface area contributed by atoms with Crippen LogP contribution >= 0.6 is 0 Å². The number of H-pyrrole nitrogens is 1. The topological polar surface area (TPSA) is 101 Å². The number of aromatic nitrogens is 2. The fraction of sp³-hybridized carbons (Fsp3) is 0.412. The molecule has 7 nitrogen and oxygen atoms in total. The first-order chi connectivity index (χ1) is 12.0. The summed E-state index contributed by atoms with van der Waals surface area (Å²) in [5, 5.41) is 6.32. The molecular formula is C17H21N3O4S. The van der Waals surface area contributed by atoms with Gasteiger partial charge in [-0.15, -0.1) is 0 Å². The van der Waals surface area contributed by atoms with E-state index in [-0.39, 0.29) is 23.1 Å². The molecule has 1 aliphatic rings. The molecule has 1 unspecified atom stereocenters. The van der Waals surface area contributed by atoms with Crippen molar-refractivity contribution in [1.29, 1.82) is 0 Å². The van der Waals surface area contributed by atoms with Gasteiger partial charge in [0.2, 0.25) is 10.0 Å². The highest BCUT2D eigenvalue weighted by atomic mass is 32.2. The third-order valence-corrected chi connectivity index (χ3v) is 5.74. The Hall–Kier alpha value is -2.03. The highest BCUT2D eigenvalue weighted by Crippen LogP contribution is 2.24. The second kappa shape index (κ2) is 7.47. The first-order valence-electron chi connectivity index (χ1n) is 8.30. The van der Waals surface area contributed by atoms with Crippen molar-refractivity contribution in [3.05, 3.63) is 46.2 Å². The maximum Gasteiger partial charge on any atom is 0.264 e. The summed E-state index contributed by atoms with van der Waals surface area (Å²) in [6.07, 6.45) is 2.35. The van der Waals surface area contributed by atoms with Gasteiger partial charge in [0, 0.05) is 24.8 Å². The van der Waals surface area contributed by atoms with E-state index < -0.39 is 10.0 Å². The lowest BCUT2D eigenvalue weighted by molar-refractivity contribution is 0.114. The molecule has 1 atom stereocenters. The second-order valence-electron chi connectivity index (χ2n) is 5.97. The predicted octanol–water partition coefficient (Wildman–Crippen LogP) is 1.46. The number of nitrogens with one attached hydrogen (secondary N) is 2. The molecule has 0 amide bonds. The van der Waals surface area contributed by atoms with Crippen LogP contribution in [-0.4, -0.2) is 37.9 Å². The van der Waals surface area contributed by atoms with Crippen LogP contribution in [0.1, 0.15) is 25.3 Å². The predicted molar refractivity (Wildman–Crippen MR) is 93.8 cm³/mol. The van der Waals surface area contributed by atoms with Crippen LogP contribution in [0.15, 0.2) is 40.0 Å². The van der Waals surface area contributed by atoms with Gasteiger partial charge in [-0.05, 0) is 37.0 Å². The van der Waals surface area contributed by atoms with Crippen LogP contribution in [0, 0.1) is 0 Å². The summed E-state index contributed by atoms with van der Waals surface area (Å²) in [6, 6.07) is 8.11. The van der Waals surface area contributed by atoms with Crippen LogP contribution < -0.4 is 10.3 Å². The molecule has 8 heteroatoms. The lowest BCUT2D eigenvalue weighted by Crippen LogP contribution is -2.32. The van der Waals surface area contributed by atoms with Gasteiger partial charge < -0.3 is 4.74 Å². The molecule has 1 aromatic heterocycles. The Morgan fingerprint density at radius 2 is 2.16 bits per heavy atom. The Labute approximate surface area is 146 Å². The summed E-state index contributed by atoms with van der Waals surface area (Å²) in [5.74, 6) is 0. The van der Waals surface area contributed by atoms with Crippen LogP contribution in [-0.2, 0) is 21.2 Å². The number of hydrogen-bond donors (Lipinski definition) is 2. The van der Waals surface area contributed by atoms with Gasteiger partial charge in [0.25, 0.3) is 5.56 Å². The molecule has 2 aromatic rings. The average molecular weight is 363 g/mol. The van der Waals surface area contributed by atoms with E-state index in [1.807, 2.05) is 6.92 Å². The highest BCUT2D eigenvalue weighted by Gasteiger charge is 2.22. The van der Waals surface area contributed by atoms with Gasteiger partial charge >= 0.3 is 0 Å². The van der Waals surface area contributed by atoms with Crippen molar-refractivity contribution in [2.45, 2.75) is 37.2 Å². The number of sulfonamides is 1. The lowest BCUT2D eigenvalue weighted by atomic mass is 10.1. The molecule has 3 rings (SSSR count). The second-order valence-corrected chi connectivity index (χ2v) is 7.70. The molecule has 0 radical (unpaired) electrons. The summed E-state index contributed by atoms with van der Waals surface area (Å²) in [6.45, 7) is 2.86. The Bertz CT molecular complexity index is 882. The number of hydrogen-bond acceptors (Lipinski definition) is 5. The first-order valence-corrected chi connectivity index (χ1v) is 9.78. The van der Waals surface area contributed by atoms with Crippen molar-refractivity contribution in [3.63, 3.8) is 0 Å². The molecule has 134 valence electrons. The third kappa shape index (κ3) is 4.15. The Morgan fingerprint density at radius 1 is 1.32 bits per heavy atom. The zero-order valence-electron chi connectivity index (χ0n) is 14.0. The van der Waals surface area contributed by atoms with Gasteiger partial charge in [-0.25, -0.2) is 18.2 Å². The summed E-state index contributed by atoms with van der Waals surface area (Å²) < 4.78 is 33.6. The molecule has 1 fully saturated rings. The maximum absolute atomic E-state index is 12.8. The molecule has 25 heavy (non-hydrogen) atoms. The number of nitrogens with zero attached hydrogens (tertiary/aromatic N) is 1. The van der Waals surface area contributed by atoms with Crippen LogP contribution in [0.3, 0.4) is 0 Å². The third-order valence-electron chi connectivity index (χ3n) is 4.24. The Kier molecular flexibility index (Phi) is 5.31. The molecule has 0 bridgehead atoms. The molecule has 2 heterocycles. The normalized spacial score (nSPS) is 17.7. The minimum atomic E-state index is -3.66. The summed E-state index contributed by atoms with van der Waals surface area (Å²) in [5.41, 5.74) is 1.57. The molecule has 1 saturated heterocycles. The van der Waals surface area contributed by atoms with Crippen molar-refractivity contribution in [2.24, 2.45) is 0 Å². The van der Waals surface area contributed by atoms with Crippen molar-refractivity contribution in [1.82, 2.24) is 14.9 Å². The Morgan fingerprint density at radius 3 is 2.80 bits per heavy atom. The van der Waals surface area contributed by atoms with Gasteiger partial charge in [-0.1, -0.05) is 19.1 Å². The number of aryl methyl sites for hydroxylation is 1. The number of rotatable bonds is 6. The van der Waals surface area contributed by atoms with E-state index in [9.17, 15) is 13.2 Å². The fourth-order valence-electron chi connectivity index (χ4n) is 2.85. The minimum absolute atomic E-state index is 0.0658. The van der Waals surface area contributed by atoms with Crippen LogP contribution in [0.25, 0.3) is 11.3 Å². The lowest BCUT2D eigenvalue weighted by Gasteiger charge is -2.14. The average Bonchev–Trinajstić information content (AvgIpc) is 3.14. The SMILES string of the molecule is CCc1ccc(-c2ccc(=O)[nH]n2)cc1S(=O)(=O)NCC1CCCO1. The molecular weight excluding hydrogens is 342 g/mol. The monoisotopic (exact) mass is 363 g/mol. The quantitative estimate of drug-likeness (QED) is 0.809. The van der Waals surface area contributed by atoms with Gasteiger partial charge in [-0.3, -0.25) is 4.79 Å². The van der Waals surface area contributed by atoms with E-state index in [0.717, 1.165) is 18.4 Å². The zero-order chi connectivity index (χ0) is 17.9. The van der Waals surface area contributed by atoms with Gasteiger partial charge in [0.1, 0.15) is 0 Å². The Balaban J connectivity index is 1.91. The summed E-state index contributed by atoms with van der Waals surface area (Å²) >= 11 is 0. The van der Waals surface area contributed by atoms with E-state index in [1.165, 1.54) is 6.07 Å². The van der Waals surface area contributed by atoms with E-state index in [2.05, 4.69) is 14.9 Å². The van der Waals surface area contributed by atoms with Crippen molar-refractivity contribution >= 4 is 10.0 Å². The van der Waals surface area contributed by atoms with Gasteiger partial charge in [0.15, 0.2) is 0 Å². The molecule has 0 saturated carbocycles. The zero-order valence-corrected chi connectivity index (χ0v) is 14.8. The molecule has 1 aromatic carbocycles. The molecule has 0 aliphatic carbocycles. The van der Waals surface area contributed by atoms with Crippen molar-refractivity contribution in [2.75, 3.05) is 13.2 Å². The number of aromatic amines is 1. The van der Waals surface area contributed by atoms with Crippen molar-refractivity contribution < 1.29 is 13.2 Å². The van der Waals surface area contributed by atoms with E-state index in [4.69, 9.17) is 4.74 Å². The number of ether oxygens (including phenoxy) is 1. The van der Waals surface area contributed by atoms with Crippen LogP contribution in [0.5, 0.6) is 0 Å². The standard InChI is InChI=1S/C17H21N3O4S/c1-2-12-5-6-13(15-7-8-17(21)20-19-15)10-16(12)25(22,23)18-11-14-4-3-9-24-14/h5-8,10,14,18H,2-4,9,11H2,1H3,(H,20,21). The summed E-state index contributed by atoms with van der Waals surface area (Å²) in [4.78, 5) is 11.4.